The number of carboxylic acid groups (broad SMARTS) is 1. The number of hydrogen-bond acceptors (Lipinski definition) is 2. The van der Waals surface area contributed by atoms with Crippen LogP contribution < -0.4 is 0 Å². The summed E-state index contributed by atoms with van der Waals surface area (Å²) in [6.45, 7) is 2.35. The Hall–Kier alpha value is -0.570. The van der Waals surface area contributed by atoms with Crippen molar-refractivity contribution in [3.63, 3.8) is 0 Å². The van der Waals surface area contributed by atoms with Gasteiger partial charge in [0.2, 0.25) is 0 Å². The van der Waals surface area contributed by atoms with Gasteiger partial charge < -0.3 is 9.84 Å². The number of ether oxygens (including phenoxy) is 1. The van der Waals surface area contributed by atoms with Crippen molar-refractivity contribution in [3.05, 3.63) is 0 Å². The van der Waals surface area contributed by atoms with E-state index in [1.165, 1.54) is 25.7 Å². The fourth-order valence-electron chi connectivity index (χ4n) is 4.39. The van der Waals surface area contributed by atoms with Crippen LogP contribution in [0.3, 0.4) is 0 Å². The Morgan fingerprint density at radius 1 is 1.11 bits per heavy atom. The van der Waals surface area contributed by atoms with Crippen molar-refractivity contribution in [3.8, 4) is 0 Å². The molecule has 0 amide bonds. The highest BCUT2D eigenvalue weighted by Gasteiger charge is 2.46. The number of carboxylic acids is 1. The molecule has 6 unspecified atom stereocenters. The first-order valence-corrected chi connectivity index (χ1v) is 8.03. The summed E-state index contributed by atoms with van der Waals surface area (Å²) in [6.07, 6.45) is 10.2. The maximum atomic E-state index is 11.3. The van der Waals surface area contributed by atoms with Gasteiger partial charge in [-0.05, 0) is 56.3 Å². The van der Waals surface area contributed by atoms with Crippen LogP contribution >= 0.6 is 0 Å². The second kappa shape index (κ2) is 5.43. The first-order chi connectivity index (χ1) is 9.15. The lowest BCUT2D eigenvalue weighted by atomic mass is 9.72. The zero-order valence-electron chi connectivity index (χ0n) is 11.9. The summed E-state index contributed by atoms with van der Waals surface area (Å²) < 4.78 is 5.64. The largest absolute Gasteiger partial charge is 0.481 e. The van der Waals surface area contributed by atoms with E-state index in [0.717, 1.165) is 37.5 Å². The van der Waals surface area contributed by atoms with Gasteiger partial charge in [0.1, 0.15) is 0 Å². The van der Waals surface area contributed by atoms with E-state index < -0.39 is 5.97 Å². The highest BCUT2D eigenvalue weighted by Crippen LogP contribution is 2.45. The molecule has 108 valence electrons. The molecule has 2 aliphatic carbocycles. The Labute approximate surface area is 115 Å². The highest BCUT2D eigenvalue weighted by atomic mass is 16.6. The summed E-state index contributed by atoms with van der Waals surface area (Å²) in [4.78, 5) is 11.3. The Morgan fingerprint density at radius 3 is 2.58 bits per heavy atom. The summed E-state index contributed by atoms with van der Waals surface area (Å²) in [6, 6.07) is 0. The minimum absolute atomic E-state index is 0.0717. The molecule has 0 aromatic heterocycles. The van der Waals surface area contributed by atoms with Crippen LogP contribution in [0.4, 0.5) is 0 Å². The van der Waals surface area contributed by atoms with Crippen molar-refractivity contribution < 1.29 is 14.6 Å². The van der Waals surface area contributed by atoms with E-state index in [2.05, 4.69) is 6.92 Å². The summed E-state index contributed by atoms with van der Waals surface area (Å²) in [7, 11) is 0. The summed E-state index contributed by atoms with van der Waals surface area (Å²) in [5, 5.41) is 9.33. The number of fused-ring (bicyclic) bond motifs is 1. The minimum Gasteiger partial charge on any atom is -0.481 e. The Bertz CT molecular complexity index is 341. The van der Waals surface area contributed by atoms with E-state index in [1.54, 1.807) is 0 Å². The molecule has 0 spiro atoms. The van der Waals surface area contributed by atoms with Crippen molar-refractivity contribution in [2.24, 2.45) is 23.7 Å². The molecule has 6 atom stereocenters. The molecule has 1 saturated heterocycles. The highest BCUT2D eigenvalue weighted by molar-refractivity contribution is 5.70. The van der Waals surface area contributed by atoms with Gasteiger partial charge in [0.25, 0.3) is 0 Å². The number of aliphatic carboxylic acids is 1. The summed E-state index contributed by atoms with van der Waals surface area (Å²) in [5.74, 6) is 1.32. The fourth-order valence-corrected chi connectivity index (χ4v) is 4.39. The first kappa shape index (κ1) is 13.4. The van der Waals surface area contributed by atoms with Crippen LogP contribution in [-0.4, -0.2) is 23.3 Å². The molecule has 3 rings (SSSR count). The fraction of sp³-hybridized carbons (Fsp3) is 0.938. The molecule has 3 aliphatic rings. The molecular weight excluding hydrogens is 240 g/mol. The maximum absolute atomic E-state index is 11.3. The van der Waals surface area contributed by atoms with Crippen molar-refractivity contribution in [2.45, 2.75) is 70.5 Å². The average Bonchev–Trinajstić information content (AvgIpc) is 3.14. The van der Waals surface area contributed by atoms with Crippen LogP contribution in [0, 0.1) is 23.7 Å². The van der Waals surface area contributed by atoms with Gasteiger partial charge in [0.15, 0.2) is 0 Å². The Balaban J connectivity index is 1.51. The predicted molar refractivity (Wildman–Crippen MR) is 72.9 cm³/mol. The van der Waals surface area contributed by atoms with Crippen molar-refractivity contribution in [1.82, 2.24) is 0 Å². The second-order valence-electron chi connectivity index (χ2n) is 6.99. The quantitative estimate of drug-likeness (QED) is 0.793. The molecule has 0 radical (unpaired) electrons. The molecule has 19 heavy (non-hydrogen) atoms. The first-order valence-electron chi connectivity index (χ1n) is 8.03. The molecule has 3 heteroatoms. The van der Waals surface area contributed by atoms with Crippen LogP contribution in [0.2, 0.25) is 0 Å². The van der Waals surface area contributed by atoms with Gasteiger partial charge >= 0.3 is 5.97 Å². The van der Waals surface area contributed by atoms with Gasteiger partial charge in [-0.1, -0.05) is 19.8 Å². The van der Waals surface area contributed by atoms with Gasteiger partial charge in [-0.25, -0.2) is 0 Å². The molecular formula is C16H26O3. The molecule has 0 aromatic carbocycles. The van der Waals surface area contributed by atoms with Crippen LogP contribution in [0.25, 0.3) is 0 Å². The Morgan fingerprint density at radius 2 is 1.79 bits per heavy atom. The van der Waals surface area contributed by atoms with Crippen LogP contribution in [0.15, 0.2) is 0 Å². The normalized spacial score (nSPS) is 45.5. The third kappa shape index (κ3) is 2.96. The molecule has 1 N–H and O–H groups in total. The SMILES string of the molecule is CC1CC2OC2CC1CCC1CCCCC1C(=O)O. The van der Waals surface area contributed by atoms with Gasteiger partial charge in [-0.3, -0.25) is 4.79 Å². The van der Waals surface area contributed by atoms with E-state index in [4.69, 9.17) is 4.74 Å². The van der Waals surface area contributed by atoms with E-state index >= 15 is 0 Å². The lowest BCUT2D eigenvalue weighted by Gasteiger charge is -2.32. The van der Waals surface area contributed by atoms with Crippen molar-refractivity contribution >= 4 is 5.97 Å². The number of hydrogen-bond donors (Lipinski definition) is 1. The van der Waals surface area contributed by atoms with Gasteiger partial charge in [0, 0.05) is 0 Å². The summed E-state index contributed by atoms with van der Waals surface area (Å²) >= 11 is 0. The van der Waals surface area contributed by atoms with Crippen LogP contribution in [-0.2, 0) is 9.53 Å². The third-order valence-electron chi connectivity index (χ3n) is 5.77. The molecule has 2 saturated carbocycles. The van der Waals surface area contributed by atoms with Gasteiger partial charge in [-0.15, -0.1) is 0 Å². The number of carbonyl (C=O) groups is 1. The van der Waals surface area contributed by atoms with E-state index in [9.17, 15) is 9.90 Å². The molecule has 0 bridgehead atoms. The van der Waals surface area contributed by atoms with Crippen LogP contribution in [0.5, 0.6) is 0 Å². The van der Waals surface area contributed by atoms with Gasteiger partial charge in [0.05, 0.1) is 18.1 Å². The number of epoxide rings is 1. The molecule has 1 aliphatic heterocycles. The molecule has 3 fully saturated rings. The maximum Gasteiger partial charge on any atom is 0.306 e. The molecule has 0 aromatic rings. The second-order valence-corrected chi connectivity index (χ2v) is 6.99. The topological polar surface area (TPSA) is 49.8 Å². The standard InChI is InChI=1S/C16H26O3/c1-10-8-14-15(19-14)9-12(10)7-6-11-4-2-3-5-13(11)16(17)18/h10-15H,2-9H2,1H3,(H,17,18). The van der Waals surface area contributed by atoms with Crippen LogP contribution in [0.1, 0.15) is 58.3 Å². The number of rotatable bonds is 4. The zero-order chi connectivity index (χ0) is 13.4. The van der Waals surface area contributed by atoms with E-state index in [-0.39, 0.29) is 5.92 Å². The van der Waals surface area contributed by atoms with Crippen molar-refractivity contribution in [2.75, 3.05) is 0 Å². The van der Waals surface area contributed by atoms with Gasteiger partial charge in [-0.2, -0.15) is 0 Å². The third-order valence-corrected chi connectivity index (χ3v) is 5.77. The summed E-state index contributed by atoms with van der Waals surface area (Å²) in [5.41, 5.74) is 0. The molecule has 1 heterocycles. The Kier molecular flexibility index (Phi) is 3.84. The lowest BCUT2D eigenvalue weighted by molar-refractivity contribution is -0.145. The smallest absolute Gasteiger partial charge is 0.306 e. The van der Waals surface area contributed by atoms with E-state index in [0.29, 0.717) is 18.1 Å². The average molecular weight is 266 g/mol. The van der Waals surface area contributed by atoms with E-state index in [1.807, 2.05) is 0 Å². The lowest BCUT2D eigenvalue weighted by Crippen LogP contribution is -2.29. The molecule has 3 nitrogen and oxygen atoms in total. The minimum atomic E-state index is -0.563. The van der Waals surface area contributed by atoms with Crippen molar-refractivity contribution in [1.29, 1.82) is 0 Å². The zero-order valence-corrected chi connectivity index (χ0v) is 11.9. The predicted octanol–water partition coefficient (Wildman–Crippen LogP) is 3.47. The monoisotopic (exact) mass is 266 g/mol.